The van der Waals surface area contributed by atoms with Crippen LogP contribution in [-0.2, 0) is 26.1 Å². The number of esters is 2. The Kier molecular flexibility index (Phi) is 8.93. The Morgan fingerprint density at radius 3 is 2.44 bits per heavy atom. The Labute approximate surface area is 209 Å². The molecule has 1 aromatic rings. The van der Waals surface area contributed by atoms with Crippen LogP contribution in [0.3, 0.4) is 0 Å². The van der Waals surface area contributed by atoms with E-state index in [4.69, 9.17) is 14.2 Å². The van der Waals surface area contributed by atoms with Crippen molar-refractivity contribution in [2.45, 2.75) is 38.8 Å². The third-order valence-corrected chi connectivity index (χ3v) is 4.90. The van der Waals surface area contributed by atoms with Gasteiger partial charge >= 0.3 is 18.0 Å². The highest BCUT2D eigenvalue weighted by Crippen LogP contribution is 2.23. The molecule has 0 spiro atoms. The molecular weight excluding hydrogens is 470 g/mol. The summed E-state index contributed by atoms with van der Waals surface area (Å²) in [5.41, 5.74) is 0.321. The molecule has 1 atom stereocenters. The fourth-order valence-corrected chi connectivity index (χ4v) is 3.26. The summed E-state index contributed by atoms with van der Waals surface area (Å²) in [6.07, 6.45) is 3.97. The lowest BCUT2D eigenvalue weighted by atomic mass is 10.2. The highest BCUT2D eigenvalue weighted by molar-refractivity contribution is 5.95. The maximum absolute atomic E-state index is 12.7. The number of likely N-dealkylation sites (N-methyl/N-ethyl adjacent to an activating group) is 2. The number of rotatable bonds is 8. The van der Waals surface area contributed by atoms with Crippen molar-refractivity contribution in [1.82, 2.24) is 25.4 Å². The molecule has 36 heavy (non-hydrogen) atoms. The van der Waals surface area contributed by atoms with Gasteiger partial charge in [-0.25, -0.2) is 14.4 Å². The number of hydrogen-bond donors (Lipinski definition) is 3. The van der Waals surface area contributed by atoms with Gasteiger partial charge in [-0.15, -0.1) is 0 Å². The number of carbonyl (C=O) groups excluding carboxylic acids is 4. The second kappa shape index (κ2) is 11.5. The monoisotopic (exact) mass is 503 g/mol. The van der Waals surface area contributed by atoms with Gasteiger partial charge in [0.15, 0.2) is 0 Å². The first-order valence-electron chi connectivity index (χ1n) is 11.0. The van der Waals surface area contributed by atoms with Crippen molar-refractivity contribution >= 4 is 23.9 Å². The van der Waals surface area contributed by atoms with Crippen molar-refractivity contribution in [3.63, 3.8) is 0 Å². The van der Waals surface area contributed by atoms with Gasteiger partial charge in [-0.2, -0.15) is 0 Å². The summed E-state index contributed by atoms with van der Waals surface area (Å²) in [5.74, 6) is -1.41. The van der Waals surface area contributed by atoms with Gasteiger partial charge in [0, 0.05) is 57.4 Å². The first-order valence-corrected chi connectivity index (χ1v) is 11.0. The van der Waals surface area contributed by atoms with Crippen molar-refractivity contribution in [2.24, 2.45) is 7.05 Å². The Morgan fingerprint density at radius 2 is 1.86 bits per heavy atom. The zero-order valence-electron chi connectivity index (χ0n) is 21.6. The minimum absolute atomic E-state index is 0.130. The van der Waals surface area contributed by atoms with Gasteiger partial charge < -0.3 is 34.3 Å². The maximum atomic E-state index is 12.7. The van der Waals surface area contributed by atoms with E-state index in [0.29, 0.717) is 5.70 Å². The van der Waals surface area contributed by atoms with Crippen molar-refractivity contribution in [3.05, 3.63) is 53.9 Å². The number of carbonyl (C=O) groups is 4. The first-order chi connectivity index (χ1) is 16.7. The summed E-state index contributed by atoms with van der Waals surface area (Å²) in [4.78, 5) is 50.7. The smallest absolute Gasteiger partial charge is 0.412 e. The van der Waals surface area contributed by atoms with E-state index in [1.807, 2.05) is 0 Å². The molecule has 2 amide bonds. The number of alkyl carbamates (subject to hydrolysis) is 1. The van der Waals surface area contributed by atoms with Gasteiger partial charge in [0.25, 0.3) is 5.91 Å². The lowest BCUT2D eigenvalue weighted by Gasteiger charge is -2.19. The fraction of sp³-hybridized carbons (Fsp3) is 0.417. The first kappa shape index (κ1) is 28.0. The molecule has 0 bridgehead atoms. The van der Waals surface area contributed by atoms with Gasteiger partial charge in [-0.05, 0) is 26.8 Å². The largest absolute Gasteiger partial charge is 0.464 e. The predicted octanol–water partition coefficient (Wildman–Crippen LogP) is 1.52. The second-order valence-electron chi connectivity index (χ2n) is 9.04. The third kappa shape index (κ3) is 7.65. The summed E-state index contributed by atoms with van der Waals surface area (Å²) in [6, 6.07) is 0.727. The molecule has 0 saturated carbocycles. The molecule has 0 aliphatic carbocycles. The van der Waals surface area contributed by atoms with Gasteiger partial charge in [-0.1, -0.05) is 6.58 Å². The zero-order valence-corrected chi connectivity index (χ0v) is 21.6. The van der Waals surface area contributed by atoms with E-state index in [0.717, 1.165) is 0 Å². The second-order valence-corrected chi connectivity index (χ2v) is 9.04. The molecule has 12 heteroatoms. The van der Waals surface area contributed by atoms with E-state index in [1.54, 1.807) is 53.0 Å². The minimum Gasteiger partial charge on any atom is -0.464 e. The molecule has 2 rings (SSSR count). The van der Waals surface area contributed by atoms with E-state index >= 15 is 0 Å². The molecule has 2 heterocycles. The lowest BCUT2D eigenvalue weighted by molar-refractivity contribution is -0.138. The van der Waals surface area contributed by atoms with Crippen LogP contribution in [0, 0.1) is 0 Å². The van der Waals surface area contributed by atoms with Crippen LogP contribution in [0.1, 0.15) is 37.7 Å². The molecular formula is C24H33N5O7. The predicted molar refractivity (Wildman–Crippen MR) is 130 cm³/mol. The zero-order chi connectivity index (χ0) is 27.2. The van der Waals surface area contributed by atoms with Crippen LogP contribution in [0.5, 0.6) is 5.75 Å². The van der Waals surface area contributed by atoms with Crippen LogP contribution in [0.25, 0.3) is 0 Å². The molecule has 1 unspecified atom stereocenters. The molecule has 196 valence electrons. The highest BCUT2D eigenvalue weighted by Gasteiger charge is 2.32. The van der Waals surface area contributed by atoms with Crippen LogP contribution in [-0.4, -0.2) is 66.3 Å². The van der Waals surface area contributed by atoms with Crippen LogP contribution in [0.15, 0.2) is 48.2 Å². The van der Waals surface area contributed by atoms with E-state index in [-0.39, 0.29) is 29.3 Å². The van der Waals surface area contributed by atoms with E-state index in [1.165, 1.54) is 30.0 Å². The quantitative estimate of drug-likeness (QED) is 0.274. The summed E-state index contributed by atoms with van der Waals surface area (Å²) >= 11 is 0. The van der Waals surface area contributed by atoms with Crippen molar-refractivity contribution in [3.8, 4) is 5.75 Å². The molecule has 1 aliphatic rings. The van der Waals surface area contributed by atoms with Crippen LogP contribution >= 0.6 is 0 Å². The molecule has 3 N–H and O–H groups in total. The SMILES string of the molecule is C=C(/C=C(\NC)C(=O)NC1=CN(C)C(C(=O)Oc2cc(C(=O)OC)n(C)c2)C1)NC(=O)OC(C)(C)C. The molecule has 1 aliphatic heterocycles. The number of aryl methyl sites for hydroxylation is 1. The Bertz CT molecular complexity index is 1110. The summed E-state index contributed by atoms with van der Waals surface area (Å²) < 4.78 is 16.8. The topological polar surface area (TPSA) is 140 Å². The number of allylic oxidation sites excluding steroid dienone is 1. The summed E-state index contributed by atoms with van der Waals surface area (Å²) in [7, 11) is 6.12. The molecule has 12 nitrogen and oxygen atoms in total. The minimum atomic E-state index is -0.696. The van der Waals surface area contributed by atoms with E-state index in [2.05, 4.69) is 22.5 Å². The number of ether oxygens (including phenoxy) is 3. The number of amides is 2. The lowest BCUT2D eigenvalue weighted by Crippen LogP contribution is -2.35. The number of aromatic nitrogens is 1. The van der Waals surface area contributed by atoms with Crippen molar-refractivity contribution < 1.29 is 33.4 Å². The van der Waals surface area contributed by atoms with Gasteiger partial charge in [0.2, 0.25) is 0 Å². The van der Waals surface area contributed by atoms with Crippen LogP contribution in [0.4, 0.5) is 4.79 Å². The number of hydrogen-bond acceptors (Lipinski definition) is 9. The third-order valence-electron chi connectivity index (χ3n) is 4.90. The number of methoxy groups -OCH3 is 1. The summed E-state index contributed by atoms with van der Waals surface area (Å²) in [6.45, 7) is 8.90. The Hall–Kier alpha value is -4.22. The molecule has 0 saturated heterocycles. The highest BCUT2D eigenvalue weighted by atomic mass is 16.6. The van der Waals surface area contributed by atoms with Crippen molar-refractivity contribution in [2.75, 3.05) is 21.2 Å². The summed E-state index contributed by atoms with van der Waals surface area (Å²) in [5, 5.41) is 7.94. The molecule has 0 radical (unpaired) electrons. The average molecular weight is 504 g/mol. The van der Waals surface area contributed by atoms with Crippen molar-refractivity contribution in [1.29, 1.82) is 0 Å². The molecule has 0 aromatic carbocycles. The number of nitrogens with zero attached hydrogens (tertiary/aromatic N) is 2. The van der Waals surface area contributed by atoms with Crippen LogP contribution < -0.4 is 20.7 Å². The standard InChI is InChI=1S/C24H33N5O7/c1-14(26-23(33)36-24(2,3)4)9-17(25-5)20(30)27-15-10-18(28(6)12-15)22(32)35-16-11-19(21(31)34-8)29(7)13-16/h9,11-13,18,25H,1,10H2,2-8H3,(H,26,33)(H,27,30)/b17-9-. The normalized spacial score (nSPS) is 15.5. The Morgan fingerprint density at radius 1 is 1.19 bits per heavy atom. The van der Waals surface area contributed by atoms with Gasteiger partial charge in [0.1, 0.15) is 28.8 Å². The number of nitrogens with one attached hydrogen (secondary N) is 3. The fourth-order valence-electron chi connectivity index (χ4n) is 3.26. The van der Waals surface area contributed by atoms with E-state index in [9.17, 15) is 19.2 Å². The maximum Gasteiger partial charge on any atom is 0.412 e. The Balaban J connectivity index is 1.98. The van der Waals surface area contributed by atoms with E-state index < -0.39 is 35.6 Å². The van der Waals surface area contributed by atoms with Gasteiger partial charge in [-0.3, -0.25) is 10.1 Å². The molecule has 0 fully saturated rings. The van der Waals surface area contributed by atoms with Crippen LogP contribution in [0.2, 0.25) is 0 Å². The molecule has 1 aromatic heterocycles. The average Bonchev–Trinajstić information content (AvgIpc) is 3.31. The van der Waals surface area contributed by atoms with Gasteiger partial charge in [0.05, 0.1) is 7.11 Å².